The highest BCUT2D eigenvalue weighted by molar-refractivity contribution is 5.83. The number of ether oxygens (including phenoxy) is 1. The number of aliphatic hydroxyl groups is 1. The standard InChI is InChI=1S/C51H55N4O2/c1-5-6-16-35-55(4)47-33-28-40(49-50(56)57-49)36-46(47)51(2,3)48(55)34-27-38-23-31-45(32-24-38)54(44-21-14-9-15-22-44)52-37-39-25-29-43(30-26-39)53(41-17-10-7-11-18-41)42-19-12-8-13-20-42/h7,9-12,14-15,17-34,36-37,48-50,56H,5-6,8,13,16,35H2,1-4H3/q+1. The molecule has 290 valence electrons. The third kappa shape index (κ3) is 8.04. The fraction of sp³-hybridized carbons (Fsp3) is 0.275. The number of hydrogen-bond donors (Lipinski definition) is 1. The molecule has 1 aliphatic carbocycles. The molecule has 5 aromatic carbocycles. The first-order valence-corrected chi connectivity index (χ1v) is 20.6. The number of quaternary nitrogens is 1. The van der Waals surface area contributed by atoms with E-state index >= 15 is 0 Å². The lowest BCUT2D eigenvalue weighted by Crippen LogP contribution is -2.55. The van der Waals surface area contributed by atoms with E-state index in [1.165, 1.54) is 36.2 Å². The number of fused-ring (bicyclic) bond motifs is 1. The highest BCUT2D eigenvalue weighted by Gasteiger charge is 2.54. The van der Waals surface area contributed by atoms with Crippen molar-refractivity contribution in [3.05, 3.63) is 180 Å². The minimum absolute atomic E-state index is 0.107. The molecular weight excluding hydrogens is 701 g/mol. The van der Waals surface area contributed by atoms with Crippen LogP contribution in [0.5, 0.6) is 0 Å². The van der Waals surface area contributed by atoms with Crippen molar-refractivity contribution in [1.29, 1.82) is 0 Å². The van der Waals surface area contributed by atoms with Crippen molar-refractivity contribution in [2.75, 3.05) is 23.5 Å². The summed E-state index contributed by atoms with van der Waals surface area (Å²) in [6.45, 7) is 8.09. The van der Waals surface area contributed by atoms with Gasteiger partial charge in [0.15, 0.2) is 6.29 Å². The molecule has 5 aromatic rings. The Kier molecular flexibility index (Phi) is 11.1. The van der Waals surface area contributed by atoms with E-state index in [-0.39, 0.29) is 17.6 Å². The number of benzene rings is 5. The minimum atomic E-state index is -0.690. The van der Waals surface area contributed by atoms with E-state index in [0.717, 1.165) is 63.3 Å². The third-order valence-electron chi connectivity index (χ3n) is 12.0. The summed E-state index contributed by atoms with van der Waals surface area (Å²) in [4.78, 5) is 2.31. The normalized spacial score (nSPS) is 22.1. The zero-order valence-electron chi connectivity index (χ0n) is 33.7. The first-order valence-electron chi connectivity index (χ1n) is 20.6. The summed E-state index contributed by atoms with van der Waals surface area (Å²) in [5.41, 5.74) is 11.3. The molecule has 6 heteroatoms. The molecule has 0 radical (unpaired) electrons. The van der Waals surface area contributed by atoms with Gasteiger partial charge in [-0.2, -0.15) is 5.10 Å². The van der Waals surface area contributed by atoms with Gasteiger partial charge in [0.05, 0.1) is 36.6 Å². The van der Waals surface area contributed by atoms with Crippen LogP contribution in [-0.4, -0.2) is 37.2 Å². The predicted octanol–water partition coefficient (Wildman–Crippen LogP) is 12.1. The Hall–Kier alpha value is -5.53. The number of rotatable bonds is 14. The second-order valence-corrected chi connectivity index (χ2v) is 16.3. The molecule has 6 nitrogen and oxygen atoms in total. The molecule has 57 heavy (non-hydrogen) atoms. The monoisotopic (exact) mass is 755 g/mol. The number of hydrogen-bond acceptors (Lipinski definition) is 5. The number of anilines is 4. The highest BCUT2D eigenvalue weighted by Crippen LogP contribution is 2.52. The lowest BCUT2D eigenvalue weighted by atomic mass is 9.79. The van der Waals surface area contributed by atoms with Gasteiger partial charge in [0, 0.05) is 22.6 Å². The molecule has 0 saturated carbocycles. The fourth-order valence-electron chi connectivity index (χ4n) is 8.85. The van der Waals surface area contributed by atoms with E-state index in [1.54, 1.807) is 0 Å². The number of likely N-dealkylation sites (N-methyl/N-ethyl adjacent to an activating group) is 1. The number of epoxide rings is 1. The maximum atomic E-state index is 10.0. The summed E-state index contributed by atoms with van der Waals surface area (Å²) in [6, 6.07) is 45.2. The number of unbranched alkanes of at least 4 members (excludes halogenated alkanes) is 2. The number of allylic oxidation sites excluding steroid dienone is 3. The maximum absolute atomic E-state index is 10.0. The van der Waals surface area contributed by atoms with Crippen molar-refractivity contribution < 1.29 is 9.84 Å². The van der Waals surface area contributed by atoms with Crippen LogP contribution in [0, 0.1) is 0 Å². The van der Waals surface area contributed by atoms with Gasteiger partial charge in [-0.05, 0) is 129 Å². The Morgan fingerprint density at radius 1 is 0.789 bits per heavy atom. The second kappa shape index (κ2) is 16.5. The van der Waals surface area contributed by atoms with Gasteiger partial charge in [-0.3, -0.25) is 4.48 Å². The second-order valence-electron chi connectivity index (χ2n) is 16.3. The molecule has 1 N–H and O–H groups in total. The van der Waals surface area contributed by atoms with Crippen LogP contribution in [0.1, 0.15) is 81.2 Å². The van der Waals surface area contributed by atoms with Crippen molar-refractivity contribution in [3.63, 3.8) is 0 Å². The van der Waals surface area contributed by atoms with E-state index in [9.17, 15) is 5.11 Å². The summed E-state index contributed by atoms with van der Waals surface area (Å²) < 4.78 is 6.31. The summed E-state index contributed by atoms with van der Waals surface area (Å²) in [6.07, 6.45) is 18.3. The van der Waals surface area contributed by atoms with Crippen LogP contribution in [0.25, 0.3) is 6.08 Å². The average molecular weight is 756 g/mol. The van der Waals surface area contributed by atoms with Gasteiger partial charge in [0.1, 0.15) is 17.8 Å². The Labute approximate surface area is 338 Å². The van der Waals surface area contributed by atoms with Crippen LogP contribution in [0.15, 0.2) is 162 Å². The molecule has 0 spiro atoms. The molecule has 4 atom stereocenters. The first-order chi connectivity index (χ1) is 27.8. The van der Waals surface area contributed by atoms with E-state index in [0.29, 0.717) is 0 Å². The first kappa shape index (κ1) is 38.3. The summed E-state index contributed by atoms with van der Waals surface area (Å²) in [5, 5.41) is 17.1. The lowest BCUT2D eigenvalue weighted by Gasteiger charge is -2.39. The molecule has 2 heterocycles. The topological polar surface area (TPSA) is 51.6 Å². The van der Waals surface area contributed by atoms with E-state index in [2.05, 4.69) is 184 Å². The van der Waals surface area contributed by atoms with Gasteiger partial charge in [-0.1, -0.05) is 98.3 Å². The van der Waals surface area contributed by atoms with Gasteiger partial charge in [-0.25, -0.2) is 5.01 Å². The largest absolute Gasteiger partial charge is 0.366 e. The third-order valence-corrected chi connectivity index (χ3v) is 12.0. The molecule has 1 saturated heterocycles. The molecule has 4 unspecified atom stereocenters. The summed E-state index contributed by atoms with van der Waals surface area (Å²) in [5.74, 6) is 0. The van der Waals surface area contributed by atoms with Gasteiger partial charge in [0.2, 0.25) is 0 Å². The molecule has 8 rings (SSSR count). The lowest BCUT2D eigenvalue weighted by molar-refractivity contribution is 0.156. The van der Waals surface area contributed by atoms with Crippen molar-refractivity contribution >= 4 is 40.7 Å². The smallest absolute Gasteiger partial charge is 0.186 e. The van der Waals surface area contributed by atoms with Crippen LogP contribution in [-0.2, 0) is 10.2 Å². The van der Waals surface area contributed by atoms with Crippen LogP contribution in [0.3, 0.4) is 0 Å². The SMILES string of the molecule is CCCCC[N+]1(C)c2ccc(C3OC3O)cc2C(C)(C)C1C=Cc1ccc(N(N=Cc2ccc(N(C3=CCCC=C3)c3ccccc3)cc2)c2ccccc2)cc1. The maximum Gasteiger partial charge on any atom is 0.186 e. The molecule has 0 aromatic heterocycles. The van der Waals surface area contributed by atoms with Crippen molar-refractivity contribution in [2.45, 2.75) is 76.7 Å². The zero-order valence-corrected chi connectivity index (χ0v) is 33.7. The van der Waals surface area contributed by atoms with Crippen LogP contribution in [0.4, 0.5) is 28.4 Å². The number of para-hydroxylation sites is 2. The highest BCUT2D eigenvalue weighted by atomic mass is 16.7. The molecular formula is C51H55N4O2+. The predicted molar refractivity (Wildman–Crippen MR) is 238 cm³/mol. The fourth-order valence-corrected chi connectivity index (χ4v) is 8.85. The number of aliphatic hydroxyl groups excluding tert-OH is 1. The molecule has 1 fully saturated rings. The molecule has 3 aliphatic rings. The van der Waals surface area contributed by atoms with Gasteiger partial charge in [0.25, 0.3) is 0 Å². The van der Waals surface area contributed by atoms with Crippen molar-refractivity contribution in [1.82, 2.24) is 4.48 Å². The van der Waals surface area contributed by atoms with Gasteiger partial charge in [-0.15, -0.1) is 0 Å². The molecule has 0 amide bonds. The van der Waals surface area contributed by atoms with Crippen molar-refractivity contribution in [3.8, 4) is 0 Å². The Morgan fingerprint density at radius 2 is 1.42 bits per heavy atom. The van der Waals surface area contributed by atoms with Crippen LogP contribution >= 0.6 is 0 Å². The zero-order chi connectivity index (χ0) is 39.4. The average Bonchev–Trinajstić information content (AvgIpc) is 3.95. The summed E-state index contributed by atoms with van der Waals surface area (Å²) >= 11 is 0. The van der Waals surface area contributed by atoms with Crippen LogP contribution in [0.2, 0.25) is 0 Å². The molecule has 2 aliphatic heterocycles. The Balaban J connectivity index is 1.04. The Morgan fingerprint density at radius 3 is 2.07 bits per heavy atom. The summed E-state index contributed by atoms with van der Waals surface area (Å²) in [7, 11) is 2.40. The van der Waals surface area contributed by atoms with E-state index < -0.39 is 6.29 Å². The van der Waals surface area contributed by atoms with E-state index in [4.69, 9.17) is 9.84 Å². The van der Waals surface area contributed by atoms with Crippen molar-refractivity contribution in [2.24, 2.45) is 5.10 Å². The minimum Gasteiger partial charge on any atom is -0.366 e. The Bertz CT molecular complexity index is 2260. The van der Waals surface area contributed by atoms with Gasteiger partial charge < -0.3 is 14.7 Å². The quantitative estimate of drug-likeness (QED) is 0.0403. The van der Waals surface area contributed by atoms with E-state index in [1.807, 2.05) is 17.3 Å². The molecule has 0 bridgehead atoms. The number of nitrogens with zero attached hydrogens (tertiary/aromatic N) is 4. The number of hydrazone groups is 1. The van der Waals surface area contributed by atoms with Gasteiger partial charge >= 0.3 is 0 Å². The van der Waals surface area contributed by atoms with Crippen LogP contribution < -0.4 is 14.4 Å².